The Kier molecular flexibility index (Phi) is 4.07. The largest absolute Gasteiger partial charge is 0.497 e. The SMILES string of the molecule is COc1ccc2c(c1)nc(C(C)N(C)C)n2CCN. The number of nitrogens with zero attached hydrogens (tertiary/aromatic N) is 3. The van der Waals surface area contributed by atoms with Gasteiger partial charge in [-0.15, -0.1) is 0 Å². The number of imidazole rings is 1. The van der Waals surface area contributed by atoms with Crippen molar-refractivity contribution < 1.29 is 4.74 Å². The molecule has 104 valence electrons. The molecule has 0 saturated carbocycles. The van der Waals surface area contributed by atoms with Crippen molar-refractivity contribution in [1.82, 2.24) is 14.5 Å². The molecule has 0 radical (unpaired) electrons. The molecule has 1 atom stereocenters. The second-order valence-electron chi connectivity index (χ2n) is 4.90. The predicted octanol–water partition coefficient (Wildman–Crippen LogP) is 1.63. The number of methoxy groups -OCH3 is 1. The number of nitrogens with two attached hydrogens (primary N) is 1. The number of rotatable bonds is 5. The van der Waals surface area contributed by atoms with Crippen molar-refractivity contribution in [2.45, 2.75) is 19.5 Å². The molecule has 19 heavy (non-hydrogen) atoms. The lowest BCUT2D eigenvalue weighted by atomic mass is 10.3. The molecule has 2 N–H and O–H groups in total. The number of hydrogen-bond acceptors (Lipinski definition) is 4. The van der Waals surface area contributed by atoms with Crippen LogP contribution < -0.4 is 10.5 Å². The first-order valence-electron chi connectivity index (χ1n) is 6.49. The van der Waals surface area contributed by atoms with Gasteiger partial charge in [0.05, 0.1) is 24.2 Å². The number of aromatic nitrogens is 2. The molecule has 0 fully saturated rings. The van der Waals surface area contributed by atoms with E-state index in [-0.39, 0.29) is 6.04 Å². The summed E-state index contributed by atoms with van der Waals surface area (Å²) in [6.07, 6.45) is 0. The summed E-state index contributed by atoms with van der Waals surface area (Å²) in [6, 6.07) is 6.21. The molecule has 1 heterocycles. The Hall–Kier alpha value is -1.59. The molecular weight excluding hydrogens is 240 g/mol. The summed E-state index contributed by atoms with van der Waals surface area (Å²) in [4.78, 5) is 6.89. The van der Waals surface area contributed by atoms with Crippen LogP contribution in [0.25, 0.3) is 11.0 Å². The van der Waals surface area contributed by atoms with Crippen LogP contribution in [0, 0.1) is 0 Å². The molecular formula is C14H22N4O. The summed E-state index contributed by atoms with van der Waals surface area (Å²) >= 11 is 0. The van der Waals surface area contributed by atoms with Crippen molar-refractivity contribution in [1.29, 1.82) is 0 Å². The van der Waals surface area contributed by atoms with E-state index in [1.807, 2.05) is 18.2 Å². The van der Waals surface area contributed by atoms with Gasteiger partial charge in [-0.05, 0) is 33.2 Å². The molecule has 2 rings (SSSR count). The third-order valence-corrected chi connectivity index (χ3v) is 3.49. The zero-order valence-corrected chi connectivity index (χ0v) is 12.1. The highest BCUT2D eigenvalue weighted by Crippen LogP contribution is 2.26. The maximum Gasteiger partial charge on any atom is 0.127 e. The van der Waals surface area contributed by atoms with Crippen LogP contribution in [-0.2, 0) is 6.54 Å². The first-order valence-corrected chi connectivity index (χ1v) is 6.49. The Morgan fingerprint density at radius 2 is 2.16 bits per heavy atom. The molecule has 2 aromatic rings. The second-order valence-corrected chi connectivity index (χ2v) is 4.90. The van der Waals surface area contributed by atoms with Gasteiger partial charge in [0.1, 0.15) is 11.6 Å². The normalized spacial score (nSPS) is 13.2. The van der Waals surface area contributed by atoms with Crippen molar-refractivity contribution in [3.05, 3.63) is 24.0 Å². The Morgan fingerprint density at radius 3 is 2.74 bits per heavy atom. The summed E-state index contributed by atoms with van der Waals surface area (Å²) in [5.41, 5.74) is 7.79. The molecule has 0 aliphatic heterocycles. The molecule has 1 aromatic heterocycles. The van der Waals surface area contributed by atoms with Crippen LogP contribution in [0.3, 0.4) is 0 Å². The Morgan fingerprint density at radius 1 is 1.42 bits per heavy atom. The Balaban J connectivity index is 2.58. The molecule has 1 unspecified atom stereocenters. The van der Waals surface area contributed by atoms with E-state index in [0.29, 0.717) is 6.54 Å². The lowest BCUT2D eigenvalue weighted by Crippen LogP contribution is -2.22. The maximum atomic E-state index is 5.73. The molecule has 0 amide bonds. The summed E-state index contributed by atoms with van der Waals surface area (Å²) in [5.74, 6) is 1.87. The van der Waals surface area contributed by atoms with Crippen LogP contribution in [0.4, 0.5) is 0 Å². The zero-order valence-electron chi connectivity index (χ0n) is 12.1. The average Bonchev–Trinajstić information content (AvgIpc) is 2.76. The van der Waals surface area contributed by atoms with Crippen LogP contribution in [0.5, 0.6) is 5.75 Å². The minimum Gasteiger partial charge on any atom is -0.497 e. The molecule has 5 nitrogen and oxygen atoms in total. The van der Waals surface area contributed by atoms with Gasteiger partial charge in [0.2, 0.25) is 0 Å². The van der Waals surface area contributed by atoms with E-state index in [1.165, 1.54) is 0 Å². The van der Waals surface area contributed by atoms with E-state index in [2.05, 4.69) is 30.5 Å². The molecule has 0 saturated heterocycles. The van der Waals surface area contributed by atoms with Gasteiger partial charge in [0.25, 0.3) is 0 Å². The standard InChI is InChI=1S/C14H22N4O/c1-10(17(2)3)14-16-12-9-11(19-4)5-6-13(12)18(14)8-7-15/h5-6,9-10H,7-8,15H2,1-4H3. The third kappa shape index (κ3) is 2.57. The van der Waals surface area contributed by atoms with Crippen LogP contribution >= 0.6 is 0 Å². The summed E-state index contributed by atoms with van der Waals surface area (Å²) in [6.45, 7) is 3.52. The van der Waals surface area contributed by atoms with Crippen molar-refractivity contribution in [2.75, 3.05) is 27.7 Å². The van der Waals surface area contributed by atoms with Gasteiger partial charge in [0, 0.05) is 19.2 Å². The smallest absolute Gasteiger partial charge is 0.127 e. The highest BCUT2D eigenvalue weighted by Gasteiger charge is 2.18. The molecule has 1 aromatic carbocycles. The van der Waals surface area contributed by atoms with Gasteiger partial charge in [-0.3, -0.25) is 4.90 Å². The lowest BCUT2D eigenvalue weighted by molar-refractivity contribution is 0.302. The van der Waals surface area contributed by atoms with E-state index in [9.17, 15) is 0 Å². The van der Waals surface area contributed by atoms with Gasteiger partial charge in [-0.25, -0.2) is 4.98 Å². The first kappa shape index (κ1) is 13.8. The summed E-state index contributed by atoms with van der Waals surface area (Å²) in [7, 11) is 5.77. The van der Waals surface area contributed by atoms with Gasteiger partial charge in [-0.2, -0.15) is 0 Å². The number of fused-ring (bicyclic) bond motifs is 1. The topological polar surface area (TPSA) is 56.3 Å². The third-order valence-electron chi connectivity index (χ3n) is 3.49. The summed E-state index contributed by atoms with van der Waals surface area (Å²) < 4.78 is 7.45. The van der Waals surface area contributed by atoms with Crippen molar-refractivity contribution in [3.63, 3.8) is 0 Å². The quantitative estimate of drug-likeness (QED) is 0.889. The Bertz CT molecular complexity index is 562. The van der Waals surface area contributed by atoms with Gasteiger partial charge in [0.15, 0.2) is 0 Å². The average molecular weight is 262 g/mol. The van der Waals surface area contributed by atoms with Crippen LogP contribution in [0.1, 0.15) is 18.8 Å². The molecule has 5 heteroatoms. The molecule has 0 spiro atoms. The number of hydrogen-bond donors (Lipinski definition) is 1. The monoisotopic (exact) mass is 262 g/mol. The van der Waals surface area contributed by atoms with Gasteiger partial charge in [-0.1, -0.05) is 0 Å². The highest BCUT2D eigenvalue weighted by molar-refractivity contribution is 5.78. The fourth-order valence-corrected chi connectivity index (χ4v) is 2.17. The number of ether oxygens (including phenoxy) is 1. The van der Waals surface area contributed by atoms with E-state index in [4.69, 9.17) is 15.5 Å². The van der Waals surface area contributed by atoms with E-state index in [0.717, 1.165) is 29.2 Å². The van der Waals surface area contributed by atoms with Crippen LogP contribution in [-0.4, -0.2) is 42.2 Å². The minimum atomic E-state index is 0.241. The van der Waals surface area contributed by atoms with Crippen LogP contribution in [0.2, 0.25) is 0 Å². The fraction of sp³-hybridized carbons (Fsp3) is 0.500. The van der Waals surface area contributed by atoms with E-state index >= 15 is 0 Å². The minimum absolute atomic E-state index is 0.241. The number of benzene rings is 1. The van der Waals surface area contributed by atoms with Gasteiger partial charge < -0.3 is 15.0 Å². The van der Waals surface area contributed by atoms with Crippen molar-refractivity contribution in [2.24, 2.45) is 5.73 Å². The predicted molar refractivity (Wildman–Crippen MR) is 77.4 cm³/mol. The highest BCUT2D eigenvalue weighted by atomic mass is 16.5. The van der Waals surface area contributed by atoms with E-state index < -0.39 is 0 Å². The molecule has 0 bridgehead atoms. The zero-order chi connectivity index (χ0) is 14.0. The first-order chi connectivity index (χ1) is 9.08. The van der Waals surface area contributed by atoms with Gasteiger partial charge >= 0.3 is 0 Å². The van der Waals surface area contributed by atoms with E-state index in [1.54, 1.807) is 7.11 Å². The van der Waals surface area contributed by atoms with Crippen LogP contribution in [0.15, 0.2) is 18.2 Å². The Labute approximate surface area is 114 Å². The molecule has 0 aliphatic carbocycles. The summed E-state index contributed by atoms with van der Waals surface area (Å²) in [5, 5.41) is 0. The lowest BCUT2D eigenvalue weighted by Gasteiger charge is -2.20. The molecule has 0 aliphatic rings. The second kappa shape index (κ2) is 5.59. The van der Waals surface area contributed by atoms with Crippen molar-refractivity contribution in [3.8, 4) is 5.75 Å². The fourth-order valence-electron chi connectivity index (χ4n) is 2.17. The van der Waals surface area contributed by atoms with Crippen molar-refractivity contribution >= 4 is 11.0 Å². The maximum absolute atomic E-state index is 5.73.